The summed E-state index contributed by atoms with van der Waals surface area (Å²) in [6, 6.07) is 27.7. The van der Waals surface area contributed by atoms with Gasteiger partial charge in [0.2, 0.25) is 5.91 Å². The van der Waals surface area contributed by atoms with Crippen LogP contribution >= 0.6 is 0 Å². The molecule has 8 heteroatoms. The Morgan fingerprint density at radius 2 is 1.56 bits per heavy atom. The number of benzene rings is 4. The fourth-order valence-corrected chi connectivity index (χ4v) is 5.38. The van der Waals surface area contributed by atoms with E-state index in [0.29, 0.717) is 52.6 Å². The van der Waals surface area contributed by atoms with Crippen molar-refractivity contribution in [2.24, 2.45) is 0 Å². The molecule has 0 saturated carbocycles. The van der Waals surface area contributed by atoms with Gasteiger partial charge in [0.1, 0.15) is 11.6 Å². The van der Waals surface area contributed by atoms with Crippen LogP contribution in [-0.4, -0.2) is 48.2 Å². The number of fused-ring (bicyclic) bond motifs is 1. The zero-order valence-electron chi connectivity index (χ0n) is 26.2. The van der Waals surface area contributed by atoms with Crippen LogP contribution in [0.4, 0.5) is 0 Å². The Morgan fingerprint density at radius 1 is 0.867 bits per heavy atom. The van der Waals surface area contributed by atoms with Gasteiger partial charge in [-0.2, -0.15) is 0 Å². The van der Waals surface area contributed by atoms with Crippen molar-refractivity contribution < 1.29 is 19.0 Å². The van der Waals surface area contributed by atoms with Crippen molar-refractivity contribution in [2.75, 3.05) is 27.9 Å². The molecule has 0 saturated heterocycles. The van der Waals surface area contributed by atoms with Gasteiger partial charge in [0.15, 0.2) is 11.5 Å². The van der Waals surface area contributed by atoms with Gasteiger partial charge in [-0.1, -0.05) is 54.6 Å². The van der Waals surface area contributed by atoms with E-state index in [2.05, 4.69) is 0 Å². The number of amides is 1. The number of hydrogen-bond acceptors (Lipinski definition) is 6. The lowest BCUT2D eigenvalue weighted by Gasteiger charge is -2.30. The third-order valence-corrected chi connectivity index (χ3v) is 7.81. The second-order valence-electron chi connectivity index (χ2n) is 10.7. The molecule has 0 N–H and O–H groups in total. The van der Waals surface area contributed by atoms with Crippen LogP contribution in [-0.2, 0) is 11.2 Å². The summed E-state index contributed by atoms with van der Waals surface area (Å²) < 4.78 is 18.2. The number of para-hydroxylation sites is 1. The first kappa shape index (κ1) is 31.1. The molecule has 8 nitrogen and oxygen atoms in total. The average molecular weight is 604 g/mol. The van der Waals surface area contributed by atoms with Crippen LogP contribution in [0.15, 0.2) is 102 Å². The largest absolute Gasteiger partial charge is 0.495 e. The van der Waals surface area contributed by atoms with E-state index in [1.165, 1.54) is 0 Å². The summed E-state index contributed by atoms with van der Waals surface area (Å²) in [6.07, 6.45) is 3.89. The highest BCUT2D eigenvalue weighted by Crippen LogP contribution is 2.30. The zero-order valence-corrected chi connectivity index (χ0v) is 26.2. The van der Waals surface area contributed by atoms with Crippen LogP contribution in [0.25, 0.3) is 22.7 Å². The van der Waals surface area contributed by atoms with Crippen LogP contribution in [0, 0.1) is 6.92 Å². The zero-order chi connectivity index (χ0) is 31.9. The molecule has 5 aromatic rings. The second-order valence-corrected chi connectivity index (χ2v) is 10.7. The molecule has 0 fully saturated rings. The summed E-state index contributed by atoms with van der Waals surface area (Å²) in [5.41, 5.74) is 3.71. The number of nitrogens with zero attached hydrogens (tertiary/aromatic N) is 3. The van der Waals surface area contributed by atoms with Gasteiger partial charge in [0.05, 0.1) is 44.0 Å². The molecule has 4 aromatic carbocycles. The minimum absolute atomic E-state index is 0.211. The monoisotopic (exact) mass is 603 g/mol. The van der Waals surface area contributed by atoms with Gasteiger partial charge < -0.3 is 19.1 Å². The molecule has 0 radical (unpaired) electrons. The third-order valence-electron chi connectivity index (χ3n) is 7.81. The van der Waals surface area contributed by atoms with Crippen LogP contribution in [0.3, 0.4) is 0 Å². The van der Waals surface area contributed by atoms with Crippen molar-refractivity contribution in [1.29, 1.82) is 0 Å². The van der Waals surface area contributed by atoms with E-state index in [4.69, 9.17) is 19.2 Å². The first-order valence-electron chi connectivity index (χ1n) is 14.8. The Hall–Kier alpha value is -5.37. The molecule has 0 spiro atoms. The number of carbonyl (C=O) groups is 1. The molecule has 1 heterocycles. The maximum absolute atomic E-state index is 14.2. The molecule has 0 aliphatic heterocycles. The Bertz CT molecular complexity index is 1900. The Balaban J connectivity index is 1.63. The maximum atomic E-state index is 14.2. The molecule has 1 amide bonds. The van der Waals surface area contributed by atoms with Gasteiger partial charge >= 0.3 is 0 Å². The molecule has 230 valence electrons. The Labute approximate surface area is 263 Å². The minimum Gasteiger partial charge on any atom is -0.495 e. The van der Waals surface area contributed by atoms with Crippen molar-refractivity contribution in [2.45, 2.75) is 26.3 Å². The normalized spacial score (nSPS) is 11.8. The fourth-order valence-electron chi connectivity index (χ4n) is 5.38. The quantitative estimate of drug-likeness (QED) is 0.159. The minimum atomic E-state index is -0.597. The molecule has 0 bridgehead atoms. The van der Waals surface area contributed by atoms with E-state index in [-0.39, 0.29) is 11.5 Å². The summed E-state index contributed by atoms with van der Waals surface area (Å²) in [5.74, 6) is 1.99. The summed E-state index contributed by atoms with van der Waals surface area (Å²) >= 11 is 0. The number of rotatable bonds is 11. The molecule has 5 rings (SSSR count). The van der Waals surface area contributed by atoms with Crippen molar-refractivity contribution in [3.8, 4) is 22.9 Å². The van der Waals surface area contributed by atoms with Crippen molar-refractivity contribution >= 4 is 22.9 Å². The number of aromatic nitrogens is 2. The predicted octanol–water partition coefficient (Wildman–Crippen LogP) is 6.57. The van der Waals surface area contributed by atoms with Gasteiger partial charge in [-0.25, -0.2) is 4.98 Å². The first-order chi connectivity index (χ1) is 21.8. The number of carbonyl (C=O) groups excluding carboxylic acids is 1. The second kappa shape index (κ2) is 13.9. The predicted molar refractivity (Wildman–Crippen MR) is 177 cm³/mol. The highest BCUT2D eigenvalue weighted by atomic mass is 16.5. The van der Waals surface area contributed by atoms with E-state index in [9.17, 15) is 9.59 Å². The van der Waals surface area contributed by atoms with Crippen LogP contribution in [0.2, 0.25) is 0 Å². The Morgan fingerprint density at radius 3 is 2.29 bits per heavy atom. The van der Waals surface area contributed by atoms with Crippen molar-refractivity contribution in [3.05, 3.63) is 130 Å². The van der Waals surface area contributed by atoms with Gasteiger partial charge in [-0.15, -0.1) is 0 Å². The summed E-state index contributed by atoms with van der Waals surface area (Å²) in [6.45, 7) is 4.21. The lowest BCUT2D eigenvalue weighted by molar-refractivity contribution is -0.128. The fraction of sp³-hybridized carbons (Fsp3) is 0.216. The summed E-state index contributed by atoms with van der Waals surface area (Å²) in [4.78, 5) is 34.9. The molecule has 1 aromatic heterocycles. The lowest BCUT2D eigenvalue weighted by Crippen LogP contribution is -2.38. The summed E-state index contributed by atoms with van der Waals surface area (Å²) in [7, 11) is 4.76. The number of hydrogen-bond donors (Lipinski definition) is 0. The molecular formula is C37H37N3O5. The van der Waals surface area contributed by atoms with E-state index in [1.54, 1.807) is 49.0 Å². The van der Waals surface area contributed by atoms with E-state index in [1.807, 2.05) is 98.8 Å². The van der Waals surface area contributed by atoms with E-state index in [0.717, 1.165) is 16.7 Å². The number of ether oxygens (including phenoxy) is 3. The molecule has 1 unspecified atom stereocenters. The third kappa shape index (κ3) is 6.75. The van der Waals surface area contributed by atoms with Gasteiger partial charge in [-0.05, 0) is 79.4 Å². The molecule has 0 aliphatic rings. The van der Waals surface area contributed by atoms with Crippen molar-refractivity contribution in [1.82, 2.24) is 14.5 Å². The molecule has 1 atom stereocenters. The number of methoxy groups -OCH3 is 3. The standard InChI is InChI=1S/C37H37N3O5/c1-25-15-18-32(43-3)31(23-25)40-36(38-30-14-10-9-13-29(30)37(40)42)26(2)39(35(41)20-17-27-11-7-6-8-12-27)22-21-28-16-19-33(44-4)34(24-28)45-5/h6-20,23-24,26H,21-22H2,1-5H3. The van der Waals surface area contributed by atoms with Crippen LogP contribution in [0.1, 0.15) is 35.5 Å². The first-order valence-corrected chi connectivity index (χ1v) is 14.8. The van der Waals surface area contributed by atoms with E-state index >= 15 is 0 Å². The smallest absolute Gasteiger partial charge is 0.266 e. The SMILES string of the molecule is COc1ccc(CCN(C(=O)C=Cc2ccccc2)C(C)c2nc3ccccc3c(=O)n2-c2cc(C)ccc2OC)cc1OC. The average Bonchev–Trinajstić information content (AvgIpc) is 3.07. The summed E-state index contributed by atoms with van der Waals surface area (Å²) in [5, 5.41) is 0.476. The molecule has 45 heavy (non-hydrogen) atoms. The van der Waals surface area contributed by atoms with E-state index < -0.39 is 6.04 Å². The number of aryl methyl sites for hydroxylation is 1. The molecular weight excluding hydrogens is 566 g/mol. The highest BCUT2D eigenvalue weighted by molar-refractivity contribution is 5.92. The Kier molecular flexibility index (Phi) is 9.63. The van der Waals surface area contributed by atoms with Gasteiger partial charge in [0.25, 0.3) is 5.56 Å². The van der Waals surface area contributed by atoms with Crippen LogP contribution < -0.4 is 19.8 Å². The maximum Gasteiger partial charge on any atom is 0.266 e. The lowest BCUT2D eigenvalue weighted by atomic mass is 10.1. The van der Waals surface area contributed by atoms with Crippen LogP contribution in [0.5, 0.6) is 17.2 Å². The topological polar surface area (TPSA) is 82.9 Å². The highest BCUT2D eigenvalue weighted by Gasteiger charge is 2.27. The van der Waals surface area contributed by atoms with Gasteiger partial charge in [0, 0.05) is 12.6 Å². The molecule has 0 aliphatic carbocycles. The van der Waals surface area contributed by atoms with Gasteiger partial charge in [-0.3, -0.25) is 14.2 Å². The van der Waals surface area contributed by atoms with Crippen molar-refractivity contribution in [3.63, 3.8) is 0 Å².